The van der Waals surface area contributed by atoms with Crippen LogP contribution in [0, 0.1) is 5.92 Å². The summed E-state index contributed by atoms with van der Waals surface area (Å²) in [4.78, 5) is 0. The van der Waals surface area contributed by atoms with E-state index < -0.39 is 36.9 Å². The van der Waals surface area contributed by atoms with Gasteiger partial charge in [0.1, 0.15) is 17.5 Å². The summed E-state index contributed by atoms with van der Waals surface area (Å²) in [6.07, 6.45) is -1.56. The lowest BCUT2D eigenvalue weighted by Gasteiger charge is -2.45. The van der Waals surface area contributed by atoms with E-state index in [1.165, 1.54) is 0 Å². The maximum atomic E-state index is 10.1. The molecule has 94 valence electrons. The van der Waals surface area contributed by atoms with Crippen LogP contribution < -0.4 is 11.5 Å². The van der Waals surface area contributed by atoms with Crippen molar-refractivity contribution in [1.29, 1.82) is 0 Å². The molecule has 0 aromatic carbocycles. The van der Waals surface area contributed by atoms with Crippen molar-refractivity contribution in [2.75, 3.05) is 19.8 Å². The molecular formula is C9H18N2O5. The van der Waals surface area contributed by atoms with Crippen LogP contribution in [0.5, 0.6) is 0 Å². The summed E-state index contributed by atoms with van der Waals surface area (Å²) in [6, 6.07) is -1.22. The van der Waals surface area contributed by atoms with Crippen LogP contribution in [0.2, 0.25) is 0 Å². The van der Waals surface area contributed by atoms with Gasteiger partial charge in [-0.1, -0.05) is 0 Å². The average Bonchev–Trinajstić information content (AvgIpc) is 2.30. The molecule has 0 heterocycles. The minimum absolute atomic E-state index is 0.125. The lowest BCUT2D eigenvalue weighted by molar-refractivity contribution is -0.155. The fourth-order valence-electron chi connectivity index (χ4n) is 2.08. The first-order valence-electron chi connectivity index (χ1n) is 4.93. The summed E-state index contributed by atoms with van der Waals surface area (Å²) >= 11 is 0. The fraction of sp³-hybridized carbons (Fsp3) is 0.778. The van der Waals surface area contributed by atoms with E-state index in [0.717, 1.165) is 0 Å². The zero-order chi connectivity index (χ0) is 12.5. The van der Waals surface area contributed by atoms with Crippen molar-refractivity contribution in [2.45, 2.75) is 17.7 Å². The molecule has 1 aliphatic rings. The summed E-state index contributed by atoms with van der Waals surface area (Å²) in [5.41, 5.74) is 9.03. The maximum absolute atomic E-state index is 10.1. The number of aliphatic hydroxyl groups is 5. The third kappa shape index (κ3) is 1.71. The van der Waals surface area contributed by atoms with Crippen LogP contribution in [0.4, 0.5) is 0 Å². The van der Waals surface area contributed by atoms with Crippen molar-refractivity contribution < 1.29 is 25.5 Å². The molecule has 0 aliphatic heterocycles. The van der Waals surface area contributed by atoms with E-state index in [1.54, 1.807) is 0 Å². The van der Waals surface area contributed by atoms with Crippen LogP contribution in [0.3, 0.4) is 0 Å². The Hall–Kier alpha value is -0.700. The molecule has 0 aromatic heterocycles. The van der Waals surface area contributed by atoms with Crippen LogP contribution >= 0.6 is 0 Å². The molecule has 9 N–H and O–H groups in total. The Labute approximate surface area is 92.6 Å². The van der Waals surface area contributed by atoms with Gasteiger partial charge in [0.25, 0.3) is 0 Å². The molecule has 0 aromatic rings. The Morgan fingerprint density at radius 1 is 1.31 bits per heavy atom. The molecule has 7 heteroatoms. The molecule has 0 saturated carbocycles. The lowest BCUT2D eigenvalue weighted by atomic mass is 9.71. The second-order valence-electron chi connectivity index (χ2n) is 3.97. The standard InChI is InChI=1S/C9H18N2O5/c10-1-4-5(2-12)9(16,3-13)8(15)6(11)7(4)14/h5-6,8,12-16H,1-3,10-11H2/t5-,6-,8+,9+/m1/s1. The van der Waals surface area contributed by atoms with Crippen LogP contribution in [0.25, 0.3) is 0 Å². The summed E-state index contributed by atoms with van der Waals surface area (Å²) in [5.74, 6) is -1.37. The second-order valence-corrected chi connectivity index (χ2v) is 3.97. The Morgan fingerprint density at radius 2 is 1.88 bits per heavy atom. The van der Waals surface area contributed by atoms with E-state index in [-0.39, 0.29) is 17.9 Å². The first kappa shape index (κ1) is 13.4. The smallest absolute Gasteiger partial charge is 0.124 e. The van der Waals surface area contributed by atoms with E-state index in [2.05, 4.69) is 0 Å². The van der Waals surface area contributed by atoms with Gasteiger partial charge in [0.2, 0.25) is 0 Å². The first-order valence-corrected chi connectivity index (χ1v) is 4.93. The minimum Gasteiger partial charge on any atom is -0.511 e. The van der Waals surface area contributed by atoms with Crippen LogP contribution in [-0.4, -0.2) is 63.0 Å². The SMILES string of the molecule is NCC1=C(O)[C@@H](N)[C@H](O)[C@](O)(CO)[C@@H]1CO. The summed E-state index contributed by atoms with van der Waals surface area (Å²) in [7, 11) is 0. The maximum Gasteiger partial charge on any atom is 0.124 e. The predicted molar refractivity (Wildman–Crippen MR) is 55.3 cm³/mol. The van der Waals surface area contributed by atoms with Gasteiger partial charge in [-0.2, -0.15) is 0 Å². The van der Waals surface area contributed by atoms with Crippen molar-refractivity contribution in [3.8, 4) is 0 Å². The normalized spacial score (nSPS) is 40.2. The molecule has 0 spiro atoms. The fourth-order valence-corrected chi connectivity index (χ4v) is 2.08. The number of hydrogen-bond donors (Lipinski definition) is 7. The molecule has 0 radical (unpaired) electrons. The minimum atomic E-state index is -1.99. The van der Waals surface area contributed by atoms with E-state index in [9.17, 15) is 15.3 Å². The number of hydrogen-bond acceptors (Lipinski definition) is 7. The summed E-state index contributed by atoms with van der Waals surface area (Å²) in [5, 5.41) is 47.7. The molecule has 0 saturated heterocycles. The molecule has 0 fully saturated rings. The highest BCUT2D eigenvalue weighted by Gasteiger charge is 2.52. The zero-order valence-corrected chi connectivity index (χ0v) is 8.74. The van der Waals surface area contributed by atoms with E-state index in [1.807, 2.05) is 0 Å². The van der Waals surface area contributed by atoms with Gasteiger partial charge < -0.3 is 37.0 Å². The van der Waals surface area contributed by atoms with Gasteiger partial charge >= 0.3 is 0 Å². The van der Waals surface area contributed by atoms with Gasteiger partial charge in [-0.05, 0) is 5.57 Å². The monoisotopic (exact) mass is 234 g/mol. The molecule has 1 aliphatic carbocycles. The van der Waals surface area contributed by atoms with E-state index in [0.29, 0.717) is 0 Å². The van der Waals surface area contributed by atoms with Gasteiger partial charge in [0.15, 0.2) is 0 Å². The van der Waals surface area contributed by atoms with Gasteiger partial charge in [0.05, 0.1) is 19.3 Å². The second kappa shape index (κ2) is 4.66. The van der Waals surface area contributed by atoms with Gasteiger partial charge in [-0.25, -0.2) is 0 Å². The van der Waals surface area contributed by atoms with Crippen LogP contribution in [-0.2, 0) is 0 Å². The van der Waals surface area contributed by atoms with Crippen LogP contribution in [0.15, 0.2) is 11.3 Å². The van der Waals surface area contributed by atoms with Crippen LogP contribution in [0.1, 0.15) is 0 Å². The molecule has 1 rings (SSSR count). The Bertz CT molecular complexity index is 296. The molecule has 0 bridgehead atoms. The third-order valence-corrected chi connectivity index (χ3v) is 3.18. The number of aliphatic hydroxyl groups excluding tert-OH is 4. The largest absolute Gasteiger partial charge is 0.511 e. The van der Waals surface area contributed by atoms with Crippen molar-refractivity contribution in [3.05, 3.63) is 11.3 Å². The van der Waals surface area contributed by atoms with Crippen molar-refractivity contribution >= 4 is 0 Å². The topological polar surface area (TPSA) is 153 Å². The van der Waals surface area contributed by atoms with E-state index in [4.69, 9.17) is 21.7 Å². The molecule has 0 unspecified atom stereocenters. The number of rotatable bonds is 3. The Balaban J connectivity index is 3.26. The first-order chi connectivity index (χ1) is 7.43. The molecular weight excluding hydrogens is 216 g/mol. The molecule has 16 heavy (non-hydrogen) atoms. The lowest BCUT2D eigenvalue weighted by Crippen LogP contribution is -2.64. The van der Waals surface area contributed by atoms with Gasteiger partial charge in [0, 0.05) is 12.5 Å². The zero-order valence-electron chi connectivity index (χ0n) is 8.74. The highest BCUT2D eigenvalue weighted by Crippen LogP contribution is 2.36. The Kier molecular flexibility index (Phi) is 3.89. The summed E-state index contributed by atoms with van der Waals surface area (Å²) in [6.45, 7) is -1.47. The molecule has 4 atom stereocenters. The highest BCUT2D eigenvalue weighted by molar-refractivity contribution is 5.29. The summed E-state index contributed by atoms with van der Waals surface area (Å²) < 4.78 is 0. The predicted octanol–water partition coefficient (Wildman–Crippen LogP) is -3.21. The number of nitrogens with two attached hydrogens (primary N) is 2. The quantitative estimate of drug-likeness (QED) is 0.271. The highest BCUT2D eigenvalue weighted by atomic mass is 16.4. The van der Waals surface area contributed by atoms with Crippen molar-refractivity contribution in [2.24, 2.45) is 17.4 Å². The van der Waals surface area contributed by atoms with E-state index >= 15 is 0 Å². The molecule has 7 nitrogen and oxygen atoms in total. The third-order valence-electron chi connectivity index (χ3n) is 3.18. The average molecular weight is 234 g/mol. The molecule has 0 amide bonds. The van der Waals surface area contributed by atoms with Gasteiger partial charge in [-0.15, -0.1) is 0 Å². The Morgan fingerprint density at radius 3 is 2.25 bits per heavy atom. The van der Waals surface area contributed by atoms with Crippen molar-refractivity contribution in [3.63, 3.8) is 0 Å². The van der Waals surface area contributed by atoms with Gasteiger partial charge in [-0.3, -0.25) is 0 Å². The van der Waals surface area contributed by atoms with Crippen molar-refractivity contribution in [1.82, 2.24) is 0 Å².